The zero-order valence-electron chi connectivity index (χ0n) is 10.5. The van der Waals surface area contributed by atoms with Crippen LogP contribution in [0.25, 0.3) is 0 Å². The molecule has 5 heteroatoms. The highest BCUT2D eigenvalue weighted by atomic mass is 35.5. The first-order valence-corrected chi connectivity index (χ1v) is 6.28. The van der Waals surface area contributed by atoms with Crippen LogP contribution in [0.3, 0.4) is 0 Å². The van der Waals surface area contributed by atoms with E-state index in [0.717, 1.165) is 5.76 Å². The summed E-state index contributed by atoms with van der Waals surface area (Å²) in [6.45, 7) is 0.820. The van der Waals surface area contributed by atoms with Gasteiger partial charge in [-0.1, -0.05) is 17.7 Å². The minimum atomic E-state index is -0.324. The van der Waals surface area contributed by atoms with Gasteiger partial charge in [-0.25, -0.2) is 4.39 Å². The lowest BCUT2D eigenvalue weighted by Gasteiger charge is -2.16. The molecular formula is C14H15ClFNO2. The second kappa shape index (κ2) is 6.70. The molecule has 1 atom stereocenters. The lowest BCUT2D eigenvalue weighted by atomic mass is 10.2. The third kappa shape index (κ3) is 3.80. The summed E-state index contributed by atoms with van der Waals surface area (Å²) in [5.41, 5.74) is 0.553. The Bertz CT molecular complexity index is 516. The maximum atomic E-state index is 13.7. The van der Waals surface area contributed by atoms with Crippen molar-refractivity contribution < 1.29 is 13.5 Å². The molecule has 0 amide bonds. The molecule has 0 radical (unpaired) electrons. The van der Waals surface area contributed by atoms with Crippen molar-refractivity contribution in [2.75, 3.05) is 13.7 Å². The molecule has 102 valence electrons. The third-order valence-electron chi connectivity index (χ3n) is 2.77. The largest absolute Gasteiger partial charge is 0.468 e. The summed E-state index contributed by atoms with van der Waals surface area (Å²) in [6, 6.07) is 8.18. The predicted molar refractivity (Wildman–Crippen MR) is 71.6 cm³/mol. The van der Waals surface area contributed by atoms with Crippen LogP contribution < -0.4 is 5.32 Å². The topological polar surface area (TPSA) is 34.4 Å². The standard InChI is InChI=1S/C14H15ClFNO2/c1-18-9-13(14-3-2-6-19-14)17-8-10-4-5-11(15)7-12(10)16/h2-7,13,17H,8-9H2,1H3/t13-/m0/s1. The van der Waals surface area contributed by atoms with E-state index in [0.29, 0.717) is 23.7 Å². The van der Waals surface area contributed by atoms with Crippen molar-refractivity contribution in [2.45, 2.75) is 12.6 Å². The summed E-state index contributed by atoms with van der Waals surface area (Å²) in [5.74, 6) is 0.437. The molecule has 0 unspecified atom stereocenters. The number of methoxy groups -OCH3 is 1. The van der Waals surface area contributed by atoms with Gasteiger partial charge >= 0.3 is 0 Å². The molecule has 2 aromatic rings. The maximum absolute atomic E-state index is 13.7. The molecule has 0 saturated carbocycles. The van der Waals surface area contributed by atoms with E-state index in [1.807, 2.05) is 12.1 Å². The fourth-order valence-corrected chi connectivity index (χ4v) is 1.95. The highest BCUT2D eigenvalue weighted by Crippen LogP contribution is 2.17. The summed E-state index contributed by atoms with van der Waals surface area (Å²) in [6.07, 6.45) is 1.60. The van der Waals surface area contributed by atoms with Gasteiger partial charge in [-0.2, -0.15) is 0 Å². The van der Waals surface area contributed by atoms with E-state index >= 15 is 0 Å². The first-order valence-electron chi connectivity index (χ1n) is 5.90. The number of benzene rings is 1. The van der Waals surface area contributed by atoms with E-state index in [9.17, 15) is 4.39 Å². The lowest BCUT2D eigenvalue weighted by Crippen LogP contribution is -2.24. The van der Waals surface area contributed by atoms with Gasteiger partial charge < -0.3 is 14.5 Å². The van der Waals surface area contributed by atoms with Crippen molar-refractivity contribution in [1.29, 1.82) is 0 Å². The number of furan rings is 1. The van der Waals surface area contributed by atoms with Gasteiger partial charge in [0.2, 0.25) is 0 Å². The number of hydrogen-bond acceptors (Lipinski definition) is 3. The van der Waals surface area contributed by atoms with Crippen molar-refractivity contribution in [3.8, 4) is 0 Å². The van der Waals surface area contributed by atoms with Crippen LogP contribution in [-0.2, 0) is 11.3 Å². The van der Waals surface area contributed by atoms with Crippen molar-refractivity contribution in [3.63, 3.8) is 0 Å². The van der Waals surface area contributed by atoms with E-state index in [-0.39, 0.29) is 11.9 Å². The lowest BCUT2D eigenvalue weighted by molar-refractivity contribution is 0.156. The van der Waals surface area contributed by atoms with E-state index in [2.05, 4.69) is 5.32 Å². The second-order valence-electron chi connectivity index (χ2n) is 4.14. The van der Waals surface area contributed by atoms with Crippen molar-refractivity contribution in [2.24, 2.45) is 0 Å². The molecule has 0 spiro atoms. The number of nitrogens with one attached hydrogen (secondary N) is 1. The van der Waals surface area contributed by atoms with Gasteiger partial charge in [0.1, 0.15) is 11.6 Å². The maximum Gasteiger partial charge on any atom is 0.129 e. The zero-order chi connectivity index (χ0) is 13.7. The van der Waals surface area contributed by atoms with Crippen LogP contribution in [0.15, 0.2) is 41.0 Å². The Morgan fingerprint density at radius 2 is 2.26 bits per heavy atom. The monoisotopic (exact) mass is 283 g/mol. The molecule has 0 aliphatic rings. The Morgan fingerprint density at radius 3 is 2.89 bits per heavy atom. The molecule has 0 fully saturated rings. The molecule has 0 aliphatic heterocycles. The van der Waals surface area contributed by atoms with Crippen LogP contribution in [-0.4, -0.2) is 13.7 Å². The minimum Gasteiger partial charge on any atom is -0.468 e. The van der Waals surface area contributed by atoms with E-state index in [1.54, 1.807) is 25.5 Å². The number of hydrogen-bond donors (Lipinski definition) is 1. The van der Waals surface area contributed by atoms with Crippen molar-refractivity contribution in [3.05, 3.63) is 58.8 Å². The van der Waals surface area contributed by atoms with Gasteiger partial charge in [-0.05, 0) is 24.3 Å². The summed E-state index contributed by atoms with van der Waals surface area (Å²) >= 11 is 5.72. The fraction of sp³-hybridized carbons (Fsp3) is 0.286. The molecule has 0 saturated heterocycles. The van der Waals surface area contributed by atoms with Crippen LogP contribution in [0.1, 0.15) is 17.4 Å². The van der Waals surface area contributed by atoms with Crippen molar-refractivity contribution >= 4 is 11.6 Å². The highest BCUT2D eigenvalue weighted by molar-refractivity contribution is 6.30. The Labute approximate surface area is 116 Å². The molecule has 1 N–H and O–H groups in total. The molecule has 0 bridgehead atoms. The number of ether oxygens (including phenoxy) is 1. The van der Waals surface area contributed by atoms with Gasteiger partial charge in [0, 0.05) is 24.2 Å². The summed E-state index contributed by atoms with van der Waals surface area (Å²) < 4.78 is 24.1. The molecule has 2 rings (SSSR count). The first kappa shape index (κ1) is 14.1. The third-order valence-corrected chi connectivity index (χ3v) is 3.01. The van der Waals surface area contributed by atoms with Gasteiger partial charge in [0.05, 0.1) is 18.9 Å². The Balaban J connectivity index is 2.02. The second-order valence-corrected chi connectivity index (χ2v) is 4.58. The van der Waals surface area contributed by atoms with Gasteiger partial charge in [0.15, 0.2) is 0 Å². The van der Waals surface area contributed by atoms with E-state index in [1.165, 1.54) is 6.07 Å². The average Bonchev–Trinajstić information content (AvgIpc) is 2.90. The molecule has 19 heavy (non-hydrogen) atoms. The van der Waals surface area contributed by atoms with Crippen LogP contribution in [0, 0.1) is 5.82 Å². The Hall–Kier alpha value is -1.36. The van der Waals surface area contributed by atoms with Crippen LogP contribution in [0.2, 0.25) is 5.02 Å². The number of rotatable bonds is 6. The van der Waals surface area contributed by atoms with Crippen LogP contribution in [0.4, 0.5) is 4.39 Å². The Kier molecular flexibility index (Phi) is 4.96. The minimum absolute atomic E-state index is 0.116. The van der Waals surface area contributed by atoms with Crippen LogP contribution in [0.5, 0.6) is 0 Å². The van der Waals surface area contributed by atoms with Gasteiger partial charge in [-0.3, -0.25) is 0 Å². The summed E-state index contributed by atoms with van der Waals surface area (Å²) in [7, 11) is 1.61. The molecule has 3 nitrogen and oxygen atoms in total. The summed E-state index contributed by atoms with van der Waals surface area (Å²) in [4.78, 5) is 0. The van der Waals surface area contributed by atoms with E-state index in [4.69, 9.17) is 20.8 Å². The SMILES string of the molecule is COC[C@H](NCc1ccc(Cl)cc1F)c1ccco1. The zero-order valence-corrected chi connectivity index (χ0v) is 11.3. The smallest absolute Gasteiger partial charge is 0.129 e. The summed E-state index contributed by atoms with van der Waals surface area (Å²) in [5, 5.41) is 3.59. The average molecular weight is 284 g/mol. The number of halogens is 2. The predicted octanol–water partition coefficient (Wildman–Crippen LogP) is 3.55. The first-order chi connectivity index (χ1) is 9.20. The molecule has 1 aromatic carbocycles. The highest BCUT2D eigenvalue weighted by Gasteiger charge is 2.14. The molecular weight excluding hydrogens is 269 g/mol. The molecule has 1 aromatic heterocycles. The van der Waals surface area contributed by atoms with Gasteiger partial charge in [-0.15, -0.1) is 0 Å². The fourth-order valence-electron chi connectivity index (χ4n) is 1.80. The normalized spacial score (nSPS) is 12.6. The Morgan fingerprint density at radius 1 is 1.42 bits per heavy atom. The van der Waals surface area contributed by atoms with Crippen molar-refractivity contribution in [1.82, 2.24) is 5.32 Å². The molecule has 1 heterocycles. The van der Waals surface area contributed by atoms with E-state index < -0.39 is 0 Å². The van der Waals surface area contributed by atoms with Crippen LogP contribution >= 0.6 is 11.6 Å². The molecule has 0 aliphatic carbocycles. The quantitative estimate of drug-likeness (QED) is 0.880. The van der Waals surface area contributed by atoms with Gasteiger partial charge in [0.25, 0.3) is 0 Å².